The minimum Gasteiger partial charge on any atom is -0.391 e. The lowest BCUT2D eigenvalue weighted by molar-refractivity contribution is -0.543. The van der Waals surface area contributed by atoms with Gasteiger partial charge >= 0.3 is 42.5 Å². The minimum absolute atomic E-state index is 0.0880. The Balaban J connectivity index is 2.75. The van der Waals surface area contributed by atoms with Crippen LogP contribution in [0.3, 0.4) is 0 Å². The van der Waals surface area contributed by atoms with Crippen LogP contribution in [0.5, 0.6) is 0 Å². The summed E-state index contributed by atoms with van der Waals surface area (Å²) in [5, 5.41) is 9.62. The standard InChI is InChI=1S/C19H17F15O4/c20-13(21,10-36-9-12(35)8-4-7-11-5-2-1-3-6-11)37-18(31,32)19(33,34)38-17(29,30)15(24,25)14(22,23)16(26,27)28/h1-3,5-6,12,35H,4,7-10H2/t12-/m1/s1. The molecule has 0 fully saturated rings. The van der Waals surface area contributed by atoms with Crippen molar-refractivity contribution >= 4 is 0 Å². The highest BCUT2D eigenvalue weighted by molar-refractivity contribution is 5.14. The first-order chi connectivity index (χ1) is 16.9. The summed E-state index contributed by atoms with van der Waals surface area (Å²) in [6.45, 7) is -3.36. The minimum atomic E-state index is -7.92. The van der Waals surface area contributed by atoms with E-state index >= 15 is 0 Å². The van der Waals surface area contributed by atoms with Crippen molar-refractivity contribution in [2.75, 3.05) is 13.2 Å². The van der Waals surface area contributed by atoms with Crippen molar-refractivity contribution in [2.24, 2.45) is 0 Å². The Bertz CT molecular complexity index is 875. The Labute approximate surface area is 203 Å². The van der Waals surface area contributed by atoms with Crippen LogP contribution in [0.25, 0.3) is 0 Å². The molecular formula is C19H17F15O4. The van der Waals surface area contributed by atoms with Crippen molar-refractivity contribution in [3.05, 3.63) is 35.9 Å². The highest BCUT2D eigenvalue weighted by Crippen LogP contribution is 2.55. The van der Waals surface area contributed by atoms with Gasteiger partial charge in [0.15, 0.2) is 0 Å². The third-order valence-electron chi connectivity index (χ3n) is 4.41. The number of aliphatic hydroxyl groups is 1. The molecule has 0 aliphatic rings. The lowest BCUT2D eigenvalue weighted by atomic mass is 10.1. The van der Waals surface area contributed by atoms with Gasteiger partial charge in [0.25, 0.3) is 0 Å². The molecule has 0 spiro atoms. The molecule has 1 rings (SSSR count). The third-order valence-corrected chi connectivity index (χ3v) is 4.41. The summed E-state index contributed by atoms with van der Waals surface area (Å²) in [4.78, 5) is 0. The van der Waals surface area contributed by atoms with Gasteiger partial charge in [-0.1, -0.05) is 30.3 Å². The molecule has 0 amide bonds. The molecule has 0 heterocycles. The van der Waals surface area contributed by atoms with Gasteiger partial charge in [0, 0.05) is 0 Å². The molecule has 0 aliphatic carbocycles. The van der Waals surface area contributed by atoms with Crippen molar-refractivity contribution in [3.8, 4) is 0 Å². The highest BCUT2D eigenvalue weighted by atomic mass is 19.4. The molecule has 0 saturated carbocycles. The zero-order valence-electron chi connectivity index (χ0n) is 18.3. The summed E-state index contributed by atoms with van der Waals surface area (Å²) in [7, 11) is 0. The molecule has 1 aromatic rings. The Morgan fingerprint density at radius 1 is 0.658 bits per heavy atom. The van der Waals surface area contributed by atoms with Crippen LogP contribution in [-0.4, -0.2) is 66.9 Å². The van der Waals surface area contributed by atoms with E-state index in [9.17, 15) is 71.0 Å². The van der Waals surface area contributed by atoms with Crippen LogP contribution in [0.1, 0.15) is 18.4 Å². The normalized spacial score (nSPS) is 15.6. The fourth-order valence-corrected chi connectivity index (χ4v) is 2.51. The number of rotatable bonds is 15. The number of benzene rings is 1. The van der Waals surface area contributed by atoms with E-state index in [1.807, 2.05) is 0 Å². The average molecular weight is 594 g/mol. The molecule has 0 aliphatic heterocycles. The van der Waals surface area contributed by atoms with Crippen molar-refractivity contribution in [2.45, 2.75) is 67.8 Å². The second-order valence-corrected chi connectivity index (χ2v) is 7.59. The van der Waals surface area contributed by atoms with Gasteiger partial charge in [-0.15, -0.1) is 0 Å². The van der Waals surface area contributed by atoms with Crippen LogP contribution >= 0.6 is 0 Å². The molecule has 1 aromatic carbocycles. The van der Waals surface area contributed by atoms with Crippen molar-refractivity contribution < 1.29 is 85.2 Å². The Morgan fingerprint density at radius 3 is 1.66 bits per heavy atom. The largest absolute Gasteiger partial charge is 0.460 e. The van der Waals surface area contributed by atoms with Crippen LogP contribution in [0.15, 0.2) is 30.3 Å². The Kier molecular flexibility index (Phi) is 10.4. The molecule has 19 heteroatoms. The summed E-state index contributed by atoms with van der Waals surface area (Å²) < 4.78 is 202. The maximum atomic E-state index is 13.5. The second-order valence-electron chi connectivity index (χ2n) is 7.59. The number of hydrogen-bond donors (Lipinski definition) is 1. The first kappa shape index (κ1) is 34.0. The van der Waals surface area contributed by atoms with Gasteiger partial charge in [0.05, 0.1) is 12.7 Å². The highest BCUT2D eigenvalue weighted by Gasteiger charge is 2.85. The van der Waals surface area contributed by atoms with E-state index in [1.54, 1.807) is 30.3 Å². The topological polar surface area (TPSA) is 47.9 Å². The smallest absolute Gasteiger partial charge is 0.391 e. The van der Waals surface area contributed by atoms with Gasteiger partial charge in [0.1, 0.15) is 6.61 Å². The summed E-state index contributed by atoms with van der Waals surface area (Å²) in [6.07, 6.45) is -36.0. The fraction of sp³-hybridized carbons (Fsp3) is 0.684. The molecule has 0 aromatic heterocycles. The van der Waals surface area contributed by atoms with E-state index < -0.39 is 61.8 Å². The number of halogens is 15. The van der Waals surface area contributed by atoms with Crippen LogP contribution in [0, 0.1) is 0 Å². The van der Waals surface area contributed by atoms with Gasteiger partial charge in [-0.25, -0.2) is 9.47 Å². The SMILES string of the molecule is O[C@H](CCCc1ccccc1)COCC(F)(F)OC(F)(F)C(F)(F)OC(F)(F)C(F)(F)C(F)(F)C(F)(F)F. The van der Waals surface area contributed by atoms with E-state index in [2.05, 4.69) is 9.47 Å². The van der Waals surface area contributed by atoms with Gasteiger partial charge in [-0.3, -0.25) is 0 Å². The zero-order chi connectivity index (χ0) is 29.8. The summed E-state index contributed by atoms with van der Waals surface area (Å²) in [5.41, 5.74) is 0.830. The average Bonchev–Trinajstić information content (AvgIpc) is 2.71. The Hall–Kier alpha value is -1.99. The molecule has 1 atom stereocenters. The predicted molar refractivity (Wildman–Crippen MR) is 94.1 cm³/mol. The second kappa shape index (κ2) is 11.6. The van der Waals surface area contributed by atoms with Crippen LogP contribution < -0.4 is 0 Å². The number of aliphatic hydroxyl groups excluding tert-OH is 1. The summed E-state index contributed by atoms with van der Waals surface area (Å²) >= 11 is 0. The van der Waals surface area contributed by atoms with E-state index in [-0.39, 0.29) is 12.8 Å². The Morgan fingerprint density at radius 2 is 1.16 bits per heavy atom. The molecule has 0 bridgehead atoms. The number of alkyl halides is 15. The fourth-order valence-electron chi connectivity index (χ4n) is 2.51. The van der Waals surface area contributed by atoms with Crippen molar-refractivity contribution in [1.29, 1.82) is 0 Å². The molecule has 0 unspecified atom stereocenters. The van der Waals surface area contributed by atoms with E-state index in [1.165, 1.54) is 4.74 Å². The number of hydrogen-bond acceptors (Lipinski definition) is 4. The van der Waals surface area contributed by atoms with Crippen molar-refractivity contribution in [1.82, 2.24) is 0 Å². The van der Waals surface area contributed by atoms with Crippen LogP contribution in [-0.2, 0) is 20.6 Å². The molecular weight excluding hydrogens is 577 g/mol. The predicted octanol–water partition coefficient (Wildman–Crippen LogP) is 6.62. The molecule has 38 heavy (non-hydrogen) atoms. The molecule has 0 radical (unpaired) electrons. The number of aryl methyl sites for hydroxylation is 1. The lowest BCUT2D eigenvalue weighted by Gasteiger charge is -2.36. The monoisotopic (exact) mass is 594 g/mol. The molecule has 4 nitrogen and oxygen atoms in total. The van der Waals surface area contributed by atoms with Gasteiger partial charge in [0.2, 0.25) is 0 Å². The van der Waals surface area contributed by atoms with Gasteiger partial charge in [-0.2, -0.15) is 65.9 Å². The van der Waals surface area contributed by atoms with Gasteiger partial charge < -0.3 is 9.84 Å². The van der Waals surface area contributed by atoms with Crippen molar-refractivity contribution in [3.63, 3.8) is 0 Å². The zero-order valence-corrected chi connectivity index (χ0v) is 18.3. The first-order valence-corrected chi connectivity index (χ1v) is 9.92. The van der Waals surface area contributed by atoms with Crippen LogP contribution in [0.4, 0.5) is 65.9 Å². The molecule has 1 N–H and O–H groups in total. The molecule has 0 saturated heterocycles. The van der Waals surface area contributed by atoms with Gasteiger partial charge in [-0.05, 0) is 24.8 Å². The van der Waals surface area contributed by atoms with E-state index in [0.29, 0.717) is 6.42 Å². The van der Waals surface area contributed by atoms with Crippen LogP contribution in [0.2, 0.25) is 0 Å². The third kappa shape index (κ3) is 8.25. The maximum Gasteiger partial charge on any atom is 0.460 e. The maximum absolute atomic E-state index is 13.5. The lowest BCUT2D eigenvalue weighted by Crippen LogP contribution is -2.64. The summed E-state index contributed by atoms with van der Waals surface area (Å²) in [6, 6.07) is 8.56. The molecule has 222 valence electrons. The van der Waals surface area contributed by atoms with E-state index in [4.69, 9.17) is 0 Å². The quantitative estimate of drug-likeness (QED) is 0.232. The summed E-state index contributed by atoms with van der Waals surface area (Å²) in [5.74, 6) is -15.7. The first-order valence-electron chi connectivity index (χ1n) is 9.92. The number of ether oxygens (including phenoxy) is 3. The van der Waals surface area contributed by atoms with E-state index in [0.717, 1.165) is 5.56 Å².